The summed E-state index contributed by atoms with van der Waals surface area (Å²) in [6, 6.07) is 5.43. The molecule has 2 atom stereocenters. The van der Waals surface area contributed by atoms with Crippen molar-refractivity contribution in [3.05, 3.63) is 39.6 Å². The van der Waals surface area contributed by atoms with E-state index in [4.69, 9.17) is 23.2 Å². The second-order valence-corrected chi connectivity index (χ2v) is 7.78. The first kappa shape index (κ1) is 20.6. The highest BCUT2D eigenvalue weighted by molar-refractivity contribution is 6.35. The number of amides is 1. The Labute approximate surface area is 174 Å². The summed E-state index contributed by atoms with van der Waals surface area (Å²) in [7, 11) is 1.77. The molecule has 1 aliphatic carbocycles. The number of hydrogen-bond acceptors (Lipinski definition) is 6. The lowest BCUT2D eigenvalue weighted by molar-refractivity contribution is -0.126. The molecule has 7 nitrogen and oxygen atoms in total. The van der Waals surface area contributed by atoms with Crippen LogP contribution in [0.15, 0.2) is 18.2 Å². The van der Waals surface area contributed by atoms with E-state index in [1.165, 1.54) is 0 Å². The maximum absolute atomic E-state index is 12.6. The number of aryl methyl sites for hydroxylation is 1. The fourth-order valence-corrected chi connectivity index (χ4v) is 3.87. The van der Waals surface area contributed by atoms with Crippen molar-refractivity contribution in [1.82, 2.24) is 20.3 Å². The number of rotatable bonds is 6. The number of benzene rings is 1. The van der Waals surface area contributed by atoms with E-state index < -0.39 is 0 Å². The van der Waals surface area contributed by atoms with Gasteiger partial charge < -0.3 is 16.0 Å². The number of nitrogens with one attached hydrogen (secondary N) is 3. The second kappa shape index (κ2) is 9.39. The molecule has 28 heavy (non-hydrogen) atoms. The maximum Gasteiger partial charge on any atom is 0.227 e. The van der Waals surface area contributed by atoms with Crippen LogP contribution in [-0.4, -0.2) is 33.9 Å². The zero-order valence-corrected chi connectivity index (χ0v) is 17.4. The van der Waals surface area contributed by atoms with Crippen LogP contribution < -0.4 is 16.0 Å². The number of carbonyl (C=O) groups is 1. The normalized spacial score (nSPS) is 19.1. The summed E-state index contributed by atoms with van der Waals surface area (Å²) in [5.74, 6) is 1.70. The van der Waals surface area contributed by atoms with Crippen molar-refractivity contribution in [2.45, 2.75) is 45.2 Å². The van der Waals surface area contributed by atoms with Gasteiger partial charge >= 0.3 is 0 Å². The van der Waals surface area contributed by atoms with Crippen LogP contribution in [-0.2, 0) is 11.3 Å². The van der Waals surface area contributed by atoms with Gasteiger partial charge in [0, 0.05) is 35.6 Å². The minimum absolute atomic E-state index is 0.0419. The Morgan fingerprint density at radius 3 is 2.71 bits per heavy atom. The monoisotopic (exact) mass is 422 g/mol. The summed E-state index contributed by atoms with van der Waals surface area (Å²) in [5.41, 5.74) is 0.852. The summed E-state index contributed by atoms with van der Waals surface area (Å²) in [5, 5.41) is 10.4. The number of carbonyl (C=O) groups excluding carboxylic acids is 1. The lowest BCUT2D eigenvalue weighted by Gasteiger charge is -2.29. The lowest BCUT2D eigenvalue weighted by atomic mass is 9.85. The first-order valence-corrected chi connectivity index (χ1v) is 10.1. The molecule has 0 bridgehead atoms. The molecule has 1 amide bonds. The first-order valence-electron chi connectivity index (χ1n) is 9.33. The van der Waals surface area contributed by atoms with Gasteiger partial charge in [0.25, 0.3) is 0 Å². The molecule has 1 aromatic heterocycles. The van der Waals surface area contributed by atoms with Crippen LogP contribution >= 0.6 is 23.2 Å². The van der Waals surface area contributed by atoms with Gasteiger partial charge in [-0.3, -0.25) is 4.79 Å². The molecule has 9 heteroatoms. The smallest absolute Gasteiger partial charge is 0.227 e. The quantitative estimate of drug-likeness (QED) is 0.655. The molecule has 0 radical (unpaired) electrons. The molecule has 0 saturated heterocycles. The Hall–Kier alpha value is -2.12. The minimum Gasteiger partial charge on any atom is -0.357 e. The standard InChI is InChI=1S/C19H24Cl2N6O/c1-11-24-18(22-2)27-19(25-11)26-15-5-3-4-12(8-15)17(28)23-10-13-6-7-14(20)9-16(13)21/h6-7,9,12,15H,3-5,8,10H2,1-2H3,(H,23,28)(H2,22,24,25,26,27)/t12-,15+/m0/s1. The summed E-state index contributed by atoms with van der Waals surface area (Å²) in [6.45, 7) is 2.22. The van der Waals surface area contributed by atoms with Crippen molar-refractivity contribution in [1.29, 1.82) is 0 Å². The van der Waals surface area contributed by atoms with E-state index in [9.17, 15) is 4.79 Å². The molecule has 1 heterocycles. The van der Waals surface area contributed by atoms with Crippen molar-refractivity contribution >= 4 is 41.0 Å². The predicted molar refractivity (Wildman–Crippen MR) is 112 cm³/mol. The van der Waals surface area contributed by atoms with Gasteiger partial charge in [-0.05, 0) is 43.9 Å². The Bertz CT molecular complexity index is 847. The van der Waals surface area contributed by atoms with Gasteiger partial charge in [0.15, 0.2) is 0 Å². The Kier molecular flexibility index (Phi) is 6.91. The highest BCUT2D eigenvalue weighted by Gasteiger charge is 2.27. The number of anilines is 2. The van der Waals surface area contributed by atoms with E-state index in [-0.39, 0.29) is 17.9 Å². The Morgan fingerprint density at radius 1 is 1.18 bits per heavy atom. The average molecular weight is 423 g/mol. The van der Waals surface area contributed by atoms with Gasteiger partial charge in [0.1, 0.15) is 5.82 Å². The number of hydrogen-bond donors (Lipinski definition) is 3. The molecule has 1 aromatic carbocycles. The SMILES string of the molecule is CNc1nc(C)nc(N[C@@H]2CCC[C@H](C(=O)NCc3ccc(Cl)cc3Cl)C2)n1. The Balaban J connectivity index is 1.56. The maximum atomic E-state index is 12.6. The van der Waals surface area contributed by atoms with E-state index in [0.29, 0.717) is 34.3 Å². The molecule has 0 aliphatic heterocycles. The van der Waals surface area contributed by atoms with Gasteiger partial charge in [-0.1, -0.05) is 35.7 Å². The first-order chi connectivity index (χ1) is 13.4. The van der Waals surface area contributed by atoms with Gasteiger partial charge in [0.2, 0.25) is 17.8 Å². The van der Waals surface area contributed by atoms with E-state index in [2.05, 4.69) is 30.9 Å². The summed E-state index contributed by atoms with van der Waals surface area (Å²) >= 11 is 12.1. The molecule has 1 saturated carbocycles. The fourth-order valence-electron chi connectivity index (χ4n) is 3.39. The second-order valence-electron chi connectivity index (χ2n) is 6.94. The van der Waals surface area contributed by atoms with Gasteiger partial charge in [-0.15, -0.1) is 0 Å². The van der Waals surface area contributed by atoms with Crippen molar-refractivity contribution in [3.8, 4) is 0 Å². The van der Waals surface area contributed by atoms with Crippen LogP contribution in [0.25, 0.3) is 0 Å². The summed E-state index contributed by atoms with van der Waals surface area (Å²) in [4.78, 5) is 25.5. The van der Waals surface area contributed by atoms with E-state index >= 15 is 0 Å². The molecule has 0 unspecified atom stereocenters. The van der Waals surface area contributed by atoms with Crippen molar-refractivity contribution in [2.75, 3.05) is 17.7 Å². The van der Waals surface area contributed by atoms with E-state index in [0.717, 1.165) is 31.2 Å². The topological polar surface area (TPSA) is 91.8 Å². The van der Waals surface area contributed by atoms with Crippen molar-refractivity contribution < 1.29 is 4.79 Å². The van der Waals surface area contributed by atoms with Gasteiger partial charge in [0.05, 0.1) is 0 Å². The average Bonchev–Trinajstić information content (AvgIpc) is 2.66. The molecule has 150 valence electrons. The number of aromatic nitrogens is 3. The van der Waals surface area contributed by atoms with Gasteiger partial charge in [-0.25, -0.2) is 0 Å². The molecule has 3 rings (SSSR count). The lowest BCUT2D eigenvalue weighted by Crippen LogP contribution is -2.37. The van der Waals surface area contributed by atoms with E-state index in [1.54, 1.807) is 19.2 Å². The highest BCUT2D eigenvalue weighted by atomic mass is 35.5. The summed E-state index contributed by atoms with van der Waals surface area (Å²) in [6.07, 6.45) is 3.56. The molecule has 2 aromatic rings. The van der Waals surface area contributed by atoms with E-state index in [1.807, 2.05) is 13.0 Å². The third kappa shape index (κ3) is 5.45. The van der Waals surface area contributed by atoms with Crippen molar-refractivity contribution in [3.63, 3.8) is 0 Å². The minimum atomic E-state index is -0.0518. The number of halogens is 2. The fraction of sp³-hybridized carbons (Fsp3) is 0.474. The third-order valence-corrected chi connectivity index (χ3v) is 5.40. The molecule has 0 spiro atoms. The zero-order chi connectivity index (χ0) is 20.1. The van der Waals surface area contributed by atoms with Crippen LogP contribution in [0.5, 0.6) is 0 Å². The number of nitrogens with zero attached hydrogens (tertiary/aromatic N) is 3. The Morgan fingerprint density at radius 2 is 1.96 bits per heavy atom. The molecule has 1 fully saturated rings. The largest absolute Gasteiger partial charge is 0.357 e. The highest BCUT2D eigenvalue weighted by Crippen LogP contribution is 2.27. The zero-order valence-electron chi connectivity index (χ0n) is 15.9. The van der Waals surface area contributed by atoms with Crippen LogP contribution in [0.1, 0.15) is 37.1 Å². The van der Waals surface area contributed by atoms with Gasteiger partial charge in [-0.2, -0.15) is 15.0 Å². The van der Waals surface area contributed by atoms with Crippen LogP contribution in [0.2, 0.25) is 10.0 Å². The molecular weight excluding hydrogens is 399 g/mol. The van der Waals surface area contributed by atoms with Crippen LogP contribution in [0, 0.1) is 12.8 Å². The van der Waals surface area contributed by atoms with Crippen molar-refractivity contribution in [2.24, 2.45) is 5.92 Å². The predicted octanol–water partition coefficient (Wildman–Crippen LogP) is 3.82. The molecular formula is C19H24Cl2N6O. The summed E-state index contributed by atoms with van der Waals surface area (Å²) < 4.78 is 0. The third-order valence-electron chi connectivity index (χ3n) is 4.82. The molecule has 1 aliphatic rings. The molecule has 3 N–H and O–H groups in total. The van der Waals surface area contributed by atoms with Crippen LogP contribution in [0.3, 0.4) is 0 Å². The van der Waals surface area contributed by atoms with Crippen LogP contribution in [0.4, 0.5) is 11.9 Å².